The zero-order chi connectivity index (χ0) is 16.4. The molecule has 20 heavy (non-hydrogen) atoms. The highest BCUT2D eigenvalue weighted by atomic mass is 31.2. The monoisotopic (exact) mass is 348 g/mol. The fourth-order valence-corrected chi connectivity index (χ4v) is 37.5. The second kappa shape index (κ2) is 5.02. The molecule has 1 saturated heterocycles. The van der Waals surface area contributed by atoms with Crippen molar-refractivity contribution >= 4 is 32.4 Å². The topological polar surface area (TPSA) is 9.23 Å². The second-order valence-corrected chi connectivity index (χ2v) is 30.3. The molecule has 1 unspecified atom stereocenters. The van der Waals surface area contributed by atoms with E-state index < -0.39 is 24.2 Å². The van der Waals surface area contributed by atoms with Crippen molar-refractivity contribution in [1.82, 2.24) is 0 Å². The van der Waals surface area contributed by atoms with E-state index in [1.165, 1.54) is 0 Å². The third kappa shape index (κ3) is 3.20. The van der Waals surface area contributed by atoms with Gasteiger partial charge < -0.3 is 4.52 Å². The minimum Gasteiger partial charge on any atom is -0.354 e. The zero-order valence-electron chi connectivity index (χ0n) is 15.9. The van der Waals surface area contributed by atoms with Gasteiger partial charge in [-0.15, -0.1) is 0 Å². The zero-order valence-corrected chi connectivity index (χ0v) is 19.8. The highest BCUT2D eigenvalue weighted by Crippen LogP contribution is 2.84. The summed E-state index contributed by atoms with van der Waals surface area (Å²) in [5.41, 5.74) is 0.0185. The number of hydrogen-bond donors (Lipinski definition) is 0. The average Bonchev–Trinajstić information content (AvgIpc) is 2.66. The quantitative estimate of drug-likeness (QED) is 0.450. The van der Waals surface area contributed by atoms with Crippen LogP contribution in [0.25, 0.3) is 0 Å². The van der Waals surface area contributed by atoms with Gasteiger partial charge in [0, 0.05) is 17.8 Å². The molecule has 0 spiro atoms. The van der Waals surface area contributed by atoms with Crippen molar-refractivity contribution < 1.29 is 4.52 Å². The van der Waals surface area contributed by atoms with Gasteiger partial charge in [-0.2, -0.15) is 0 Å². The van der Waals surface area contributed by atoms with E-state index in [9.17, 15) is 0 Å². The van der Waals surface area contributed by atoms with Gasteiger partial charge in [-0.1, -0.05) is 58.9 Å². The Balaban J connectivity index is 3.35. The van der Waals surface area contributed by atoms with Gasteiger partial charge in [0.05, 0.1) is 29.8 Å². The van der Waals surface area contributed by atoms with Gasteiger partial charge in [-0.05, 0) is 20.8 Å². The Kier molecular flexibility index (Phi) is 4.79. The Hall–Kier alpha value is 1.04. The van der Waals surface area contributed by atoms with Crippen LogP contribution in [-0.4, -0.2) is 39.5 Å². The highest BCUT2D eigenvalue weighted by Gasteiger charge is 2.79. The van der Waals surface area contributed by atoms with E-state index in [1.807, 2.05) is 0 Å². The van der Waals surface area contributed by atoms with Crippen LogP contribution in [0.5, 0.6) is 0 Å². The molecule has 2 atom stereocenters. The highest BCUT2D eigenvalue weighted by molar-refractivity contribution is 7.76. The van der Waals surface area contributed by atoms with Gasteiger partial charge in [-0.25, -0.2) is 0 Å². The summed E-state index contributed by atoms with van der Waals surface area (Å²) in [5.74, 6) is 0. The largest absolute Gasteiger partial charge is 0.354 e. The molecule has 0 aromatic heterocycles. The molecule has 1 aliphatic heterocycles. The molecule has 1 fully saturated rings. The van der Waals surface area contributed by atoms with Crippen molar-refractivity contribution in [3.63, 3.8) is 0 Å². The molecule has 0 N–H and O–H groups in total. The molecule has 5 heteroatoms. The fourth-order valence-electron chi connectivity index (χ4n) is 4.27. The molecule has 1 aliphatic rings. The van der Waals surface area contributed by atoms with E-state index in [0.717, 1.165) is 5.28 Å². The first-order valence-corrected chi connectivity index (χ1v) is 19.9. The lowest BCUT2D eigenvalue weighted by Crippen LogP contribution is -2.61. The Morgan fingerprint density at radius 2 is 1.15 bits per heavy atom. The van der Waals surface area contributed by atoms with Crippen LogP contribution in [0.2, 0.25) is 58.9 Å². The summed E-state index contributed by atoms with van der Waals surface area (Å²) < 4.78 is 7.36. The molecule has 0 amide bonds. The normalized spacial score (nSPS) is 27.6. The van der Waals surface area contributed by atoms with Crippen LogP contribution in [0.1, 0.15) is 20.8 Å². The van der Waals surface area contributed by atoms with Crippen LogP contribution >= 0.6 is 8.15 Å². The van der Waals surface area contributed by atoms with E-state index in [2.05, 4.69) is 79.7 Å². The van der Waals surface area contributed by atoms with Crippen LogP contribution in [0.15, 0.2) is 0 Å². The minimum absolute atomic E-state index is 0.0185. The van der Waals surface area contributed by atoms with Crippen molar-refractivity contribution in [3.8, 4) is 0 Å². The van der Waals surface area contributed by atoms with Crippen molar-refractivity contribution in [3.05, 3.63) is 0 Å². The standard InChI is InChI=1S/C15H37OPSi3/c1-14(2,3)16-17-13(18(4,5)6)15(17,19(7,8)9)20(10,11)12/h13H,1-12H3/t13?,17-/m1/s1. The Morgan fingerprint density at radius 3 is 1.30 bits per heavy atom. The lowest BCUT2D eigenvalue weighted by molar-refractivity contribution is 0.155. The predicted molar refractivity (Wildman–Crippen MR) is 104 cm³/mol. The van der Waals surface area contributed by atoms with E-state index in [4.69, 9.17) is 4.52 Å². The van der Waals surface area contributed by atoms with E-state index in [1.54, 1.807) is 0 Å². The van der Waals surface area contributed by atoms with Crippen molar-refractivity contribution in [2.24, 2.45) is 0 Å². The first-order valence-electron chi connectivity index (χ1n) is 7.95. The number of hydrogen-bond acceptors (Lipinski definition) is 1. The van der Waals surface area contributed by atoms with E-state index in [-0.39, 0.29) is 13.7 Å². The molecule has 1 heterocycles. The molecule has 120 valence electrons. The summed E-state index contributed by atoms with van der Waals surface area (Å²) in [6.07, 6.45) is 0. The first-order chi connectivity index (χ1) is 8.46. The second-order valence-electron chi connectivity index (χ2n) is 10.6. The van der Waals surface area contributed by atoms with Crippen LogP contribution in [0, 0.1) is 0 Å². The summed E-state index contributed by atoms with van der Waals surface area (Å²) in [4.78, 5) is 0. The van der Waals surface area contributed by atoms with E-state index >= 15 is 0 Å². The third-order valence-electron chi connectivity index (χ3n) is 4.39. The molecular formula is C15H37OPSi3. The van der Waals surface area contributed by atoms with Crippen molar-refractivity contribution in [1.29, 1.82) is 0 Å². The molecule has 0 aromatic carbocycles. The van der Waals surface area contributed by atoms with Crippen molar-refractivity contribution in [2.75, 3.05) is 0 Å². The molecular weight excluding hydrogens is 311 g/mol. The molecule has 0 radical (unpaired) electrons. The Labute approximate surface area is 132 Å². The molecule has 0 saturated carbocycles. The van der Waals surface area contributed by atoms with E-state index in [0.29, 0.717) is 4.40 Å². The smallest absolute Gasteiger partial charge is 0.0641 e. The predicted octanol–water partition coefficient (Wildman–Crippen LogP) is 5.95. The summed E-state index contributed by atoms with van der Waals surface area (Å²) in [6.45, 7) is 30.1. The SMILES string of the molecule is CC(C)(C)O[P@]1C([Si](C)(C)C)C1([Si](C)(C)C)[Si](C)(C)C. The molecule has 0 aromatic rings. The van der Waals surface area contributed by atoms with Gasteiger partial charge in [0.2, 0.25) is 0 Å². The Morgan fingerprint density at radius 1 is 0.800 bits per heavy atom. The van der Waals surface area contributed by atoms with Gasteiger partial charge in [0.15, 0.2) is 0 Å². The average molecular weight is 349 g/mol. The van der Waals surface area contributed by atoms with Gasteiger partial charge in [-0.3, -0.25) is 0 Å². The molecule has 1 nitrogen and oxygen atoms in total. The third-order valence-corrected chi connectivity index (χ3v) is 28.1. The first kappa shape index (κ1) is 19.1. The maximum Gasteiger partial charge on any atom is 0.0641 e. The van der Waals surface area contributed by atoms with Crippen LogP contribution in [-0.2, 0) is 4.52 Å². The van der Waals surface area contributed by atoms with Crippen molar-refractivity contribution in [2.45, 2.75) is 95.0 Å². The van der Waals surface area contributed by atoms with Gasteiger partial charge >= 0.3 is 0 Å². The summed E-state index contributed by atoms with van der Waals surface area (Å²) in [6, 6.07) is 0. The summed E-state index contributed by atoms with van der Waals surface area (Å²) in [7, 11) is -3.89. The molecule has 0 bridgehead atoms. The molecule has 0 aliphatic carbocycles. The Bertz CT molecular complexity index is 355. The minimum atomic E-state index is -1.24. The van der Waals surface area contributed by atoms with Crippen LogP contribution in [0.4, 0.5) is 0 Å². The van der Waals surface area contributed by atoms with Crippen LogP contribution < -0.4 is 0 Å². The fraction of sp³-hybridized carbons (Fsp3) is 1.00. The lowest BCUT2D eigenvalue weighted by atomic mass is 10.2. The maximum atomic E-state index is 6.73. The maximum absolute atomic E-state index is 6.73. The van der Waals surface area contributed by atoms with Crippen LogP contribution in [0.3, 0.4) is 0 Å². The lowest BCUT2D eigenvalue weighted by Gasteiger charge is -2.42. The summed E-state index contributed by atoms with van der Waals surface area (Å²) in [5, 5.41) is 0.933. The number of rotatable bonds is 4. The summed E-state index contributed by atoms with van der Waals surface area (Å²) >= 11 is 0. The van der Waals surface area contributed by atoms with Gasteiger partial charge in [0.25, 0.3) is 0 Å². The molecule has 1 rings (SSSR count). The van der Waals surface area contributed by atoms with Gasteiger partial charge in [0.1, 0.15) is 0 Å².